The molecule has 3 nitrogen and oxygen atoms in total. The van der Waals surface area contributed by atoms with Crippen molar-refractivity contribution in [2.24, 2.45) is 5.41 Å². The molecule has 0 amide bonds. The molecule has 1 N–H and O–H groups in total. The summed E-state index contributed by atoms with van der Waals surface area (Å²) in [6, 6.07) is 0.611. The Balaban J connectivity index is 2.24. The highest BCUT2D eigenvalue weighted by Crippen LogP contribution is 2.42. The first-order chi connectivity index (χ1) is 6.62. The molecule has 0 saturated heterocycles. The summed E-state index contributed by atoms with van der Waals surface area (Å²) < 4.78 is 10.7. The zero-order valence-corrected chi connectivity index (χ0v) is 9.80. The maximum absolute atomic E-state index is 5.75. The summed E-state index contributed by atoms with van der Waals surface area (Å²) in [5.74, 6) is 0. The Morgan fingerprint density at radius 1 is 1.36 bits per heavy atom. The lowest BCUT2D eigenvalue weighted by Crippen LogP contribution is -2.61. The molecule has 1 aliphatic rings. The van der Waals surface area contributed by atoms with Crippen LogP contribution in [-0.4, -0.2) is 39.0 Å². The molecule has 1 rings (SSSR count). The summed E-state index contributed by atoms with van der Waals surface area (Å²) in [4.78, 5) is 0. The van der Waals surface area contributed by atoms with E-state index in [1.54, 1.807) is 7.11 Å². The van der Waals surface area contributed by atoms with Crippen molar-refractivity contribution in [3.63, 3.8) is 0 Å². The van der Waals surface area contributed by atoms with Gasteiger partial charge in [-0.25, -0.2) is 0 Å². The van der Waals surface area contributed by atoms with Crippen molar-refractivity contribution in [3.8, 4) is 0 Å². The average molecular weight is 201 g/mol. The third-order valence-corrected chi connectivity index (χ3v) is 3.23. The molecular weight excluding hydrogens is 178 g/mol. The second kappa shape index (κ2) is 5.10. The van der Waals surface area contributed by atoms with E-state index in [1.807, 2.05) is 0 Å². The standard InChI is InChI=1S/C11H23NO2/c1-5-12-9-8-10(11(9,2)3)14-7-6-13-4/h9-10,12H,5-8H2,1-4H3. The van der Waals surface area contributed by atoms with Gasteiger partial charge >= 0.3 is 0 Å². The van der Waals surface area contributed by atoms with Gasteiger partial charge in [0.15, 0.2) is 0 Å². The highest BCUT2D eigenvalue weighted by Gasteiger charge is 2.48. The van der Waals surface area contributed by atoms with Gasteiger partial charge in [0.05, 0.1) is 19.3 Å². The minimum atomic E-state index is 0.268. The third kappa shape index (κ3) is 2.47. The van der Waals surface area contributed by atoms with Crippen LogP contribution in [0.5, 0.6) is 0 Å². The van der Waals surface area contributed by atoms with Crippen molar-refractivity contribution < 1.29 is 9.47 Å². The van der Waals surface area contributed by atoms with Crippen LogP contribution >= 0.6 is 0 Å². The Kier molecular flexibility index (Phi) is 4.35. The van der Waals surface area contributed by atoms with Crippen molar-refractivity contribution in [2.45, 2.75) is 39.3 Å². The molecule has 2 atom stereocenters. The Morgan fingerprint density at radius 2 is 2.07 bits per heavy atom. The lowest BCUT2D eigenvalue weighted by Gasteiger charge is -2.51. The van der Waals surface area contributed by atoms with E-state index in [4.69, 9.17) is 9.47 Å². The van der Waals surface area contributed by atoms with Gasteiger partial charge in [0.2, 0.25) is 0 Å². The van der Waals surface area contributed by atoms with E-state index in [-0.39, 0.29) is 5.41 Å². The summed E-state index contributed by atoms with van der Waals surface area (Å²) in [6.07, 6.45) is 1.52. The molecule has 0 heterocycles. The van der Waals surface area contributed by atoms with Crippen molar-refractivity contribution in [2.75, 3.05) is 26.9 Å². The summed E-state index contributed by atoms with van der Waals surface area (Å²) in [6.45, 7) is 9.12. The van der Waals surface area contributed by atoms with Gasteiger partial charge in [-0.15, -0.1) is 0 Å². The molecule has 3 heteroatoms. The van der Waals surface area contributed by atoms with Crippen molar-refractivity contribution >= 4 is 0 Å². The van der Waals surface area contributed by atoms with Crippen LogP contribution in [0.4, 0.5) is 0 Å². The van der Waals surface area contributed by atoms with Gasteiger partial charge in [0.1, 0.15) is 0 Å². The topological polar surface area (TPSA) is 30.5 Å². The van der Waals surface area contributed by atoms with E-state index in [0.29, 0.717) is 25.4 Å². The largest absolute Gasteiger partial charge is 0.382 e. The van der Waals surface area contributed by atoms with Gasteiger partial charge in [-0.2, -0.15) is 0 Å². The molecule has 0 aromatic rings. The van der Waals surface area contributed by atoms with Crippen LogP contribution in [0.2, 0.25) is 0 Å². The molecule has 0 radical (unpaired) electrons. The smallest absolute Gasteiger partial charge is 0.0704 e. The zero-order chi connectivity index (χ0) is 10.6. The number of hydrogen-bond donors (Lipinski definition) is 1. The second-order valence-electron chi connectivity index (χ2n) is 4.52. The number of nitrogens with one attached hydrogen (secondary N) is 1. The lowest BCUT2D eigenvalue weighted by molar-refractivity contribution is -0.124. The van der Waals surface area contributed by atoms with Gasteiger partial charge in [-0.3, -0.25) is 0 Å². The average Bonchev–Trinajstić information content (AvgIpc) is 2.15. The summed E-state index contributed by atoms with van der Waals surface area (Å²) in [5, 5.41) is 3.48. The quantitative estimate of drug-likeness (QED) is 0.659. The van der Waals surface area contributed by atoms with Gasteiger partial charge in [-0.1, -0.05) is 20.8 Å². The Hall–Kier alpha value is -0.120. The van der Waals surface area contributed by atoms with E-state index in [1.165, 1.54) is 0 Å². The first-order valence-corrected chi connectivity index (χ1v) is 5.46. The molecule has 14 heavy (non-hydrogen) atoms. The van der Waals surface area contributed by atoms with E-state index in [9.17, 15) is 0 Å². The molecule has 0 aromatic heterocycles. The van der Waals surface area contributed by atoms with Crippen LogP contribution in [-0.2, 0) is 9.47 Å². The lowest BCUT2D eigenvalue weighted by atomic mass is 9.64. The summed E-state index contributed by atoms with van der Waals surface area (Å²) >= 11 is 0. The number of hydrogen-bond acceptors (Lipinski definition) is 3. The van der Waals surface area contributed by atoms with Crippen LogP contribution in [0.1, 0.15) is 27.2 Å². The maximum Gasteiger partial charge on any atom is 0.0704 e. The number of rotatable bonds is 6. The monoisotopic (exact) mass is 201 g/mol. The molecule has 84 valence electrons. The van der Waals surface area contributed by atoms with Crippen LogP contribution < -0.4 is 5.32 Å². The summed E-state index contributed by atoms with van der Waals surface area (Å²) in [5.41, 5.74) is 0.268. The first kappa shape index (κ1) is 12.0. The summed E-state index contributed by atoms with van der Waals surface area (Å²) in [7, 11) is 1.71. The molecule has 0 bridgehead atoms. The van der Waals surface area contributed by atoms with E-state index in [2.05, 4.69) is 26.1 Å². The minimum Gasteiger partial charge on any atom is -0.382 e. The highest BCUT2D eigenvalue weighted by atomic mass is 16.5. The van der Waals surface area contributed by atoms with Crippen molar-refractivity contribution in [1.82, 2.24) is 5.32 Å². The van der Waals surface area contributed by atoms with Crippen LogP contribution in [0.3, 0.4) is 0 Å². The van der Waals surface area contributed by atoms with Crippen molar-refractivity contribution in [1.29, 1.82) is 0 Å². The molecule has 1 aliphatic carbocycles. The molecule has 1 saturated carbocycles. The molecule has 2 unspecified atom stereocenters. The highest BCUT2D eigenvalue weighted by molar-refractivity contribution is 5.02. The third-order valence-electron chi connectivity index (χ3n) is 3.23. The van der Waals surface area contributed by atoms with Gasteiger partial charge in [0, 0.05) is 18.6 Å². The molecule has 1 fully saturated rings. The van der Waals surface area contributed by atoms with Crippen LogP contribution in [0, 0.1) is 5.41 Å². The number of ether oxygens (including phenoxy) is 2. The predicted octanol–water partition coefficient (Wildman–Crippen LogP) is 1.43. The second-order valence-corrected chi connectivity index (χ2v) is 4.52. The molecule has 0 aliphatic heterocycles. The molecule has 0 aromatic carbocycles. The van der Waals surface area contributed by atoms with E-state index >= 15 is 0 Å². The SMILES string of the molecule is CCNC1CC(OCCOC)C1(C)C. The molecule has 0 spiro atoms. The Morgan fingerprint density at radius 3 is 2.57 bits per heavy atom. The fourth-order valence-electron chi connectivity index (χ4n) is 2.03. The van der Waals surface area contributed by atoms with Gasteiger partial charge < -0.3 is 14.8 Å². The minimum absolute atomic E-state index is 0.268. The number of methoxy groups -OCH3 is 1. The Bertz CT molecular complexity index is 169. The fraction of sp³-hybridized carbons (Fsp3) is 1.00. The van der Waals surface area contributed by atoms with Crippen molar-refractivity contribution in [3.05, 3.63) is 0 Å². The van der Waals surface area contributed by atoms with Gasteiger partial charge in [0.25, 0.3) is 0 Å². The van der Waals surface area contributed by atoms with E-state index < -0.39 is 0 Å². The Labute approximate surface area is 87.2 Å². The molecular formula is C11H23NO2. The normalized spacial score (nSPS) is 30.0. The zero-order valence-electron chi connectivity index (χ0n) is 9.80. The maximum atomic E-state index is 5.75. The van der Waals surface area contributed by atoms with Crippen LogP contribution in [0.25, 0.3) is 0 Å². The van der Waals surface area contributed by atoms with Gasteiger partial charge in [-0.05, 0) is 13.0 Å². The first-order valence-electron chi connectivity index (χ1n) is 5.46. The van der Waals surface area contributed by atoms with E-state index in [0.717, 1.165) is 13.0 Å². The van der Waals surface area contributed by atoms with Crippen LogP contribution in [0.15, 0.2) is 0 Å². The fourth-order valence-corrected chi connectivity index (χ4v) is 2.03. The predicted molar refractivity (Wildman–Crippen MR) is 57.5 cm³/mol.